The zero-order valence-electron chi connectivity index (χ0n) is 21.3. The van der Waals surface area contributed by atoms with Crippen LogP contribution < -0.4 is 4.90 Å². The van der Waals surface area contributed by atoms with Crippen LogP contribution >= 0.6 is 0 Å². The molecule has 33 heavy (non-hydrogen) atoms. The Morgan fingerprint density at radius 2 is 2.03 bits per heavy atom. The molecule has 0 saturated heterocycles. The van der Waals surface area contributed by atoms with Gasteiger partial charge < -0.3 is 9.64 Å². The number of ether oxygens (including phenoxy) is 1. The Bertz CT molecular complexity index is 966. The largest absolute Gasteiger partial charge is 0.380 e. The van der Waals surface area contributed by atoms with Crippen LogP contribution in [0.4, 0.5) is 5.82 Å². The minimum Gasteiger partial charge on any atom is -0.380 e. The van der Waals surface area contributed by atoms with Gasteiger partial charge in [0.2, 0.25) is 0 Å². The first kappa shape index (κ1) is 26.4. The summed E-state index contributed by atoms with van der Waals surface area (Å²) >= 11 is 0. The fraction of sp³-hybridized carbons (Fsp3) is 0.481. The molecule has 0 aliphatic carbocycles. The normalized spacial score (nSPS) is 13.5. The Labute approximate surface area is 199 Å². The first-order valence-electron chi connectivity index (χ1n) is 11.9. The lowest BCUT2D eigenvalue weighted by Crippen LogP contribution is -2.26. The van der Waals surface area contributed by atoms with Gasteiger partial charge in [0.1, 0.15) is 11.5 Å². The molecule has 0 N–H and O–H groups in total. The highest BCUT2D eigenvalue weighted by atomic mass is 16.5. The average molecular weight is 450 g/mol. The molecule has 0 spiro atoms. The summed E-state index contributed by atoms with van der Waals surface area (Å²) in [6.07, 6.45) is 7.82. The number of aromatic nitrogens is 2. The van der Waals surface area contributed by atoms with E-state index in [0.29, 0.717) is 6.61 Å². The maximum atomic E-state index is 5.70. The van der Waals surface area contributed by atoms with Crippen molar-refractivity contribution in [2.45, 2.75) is 53.5 Å². The van der Waals surface area contributed by atoms with Crippen LogP contribution in [-0.2, 0) is 4.74 Å². The second-order valence-electron chi connectivity index (χ2n) is 8.09. The third-order valence-electron chi connectivity index (χ3n) is 5.48. The highest BCUT2D eigenvalue weighted by Crippen LogP contribution is 2.28. The molecule has 1 atom stereocenters. The quantitative estimate of drug-likeness (QED) is 0.315. The summed E-state index contributed by atoms with van der Waals surface area (Å²) in [5, 5.41) is 0. The lowest BCUT2D eigenvalue weighted by molar-refractivity contribution is 0.141. The number of pyridine rings is 2. The van der Waals surface area contributed by atoms with E-state index < -0.39 is 0 Å². The van der Waals surface area contributed by atoms with Gasteiger partial charge in [-0.15, -0.1) is 0 Å². The van der Waals surface area contributed by atoms with E-state index in [-0.39, 0.29) is 6.04 Å². The van der Waals surface area contributed by atoms with Crippen LogP contribution in [0.3, 0.4) is 0 Å². The Morgan fingerprint density at radius 3 is 2.64 bits per heavy atom. The van der Waals surface area contributed by atoms with Gasteiger partial charge in [-0.25, -0.2) is 4.98 Å². The van der Waals surface area contributed by atoms with Gasteiger partial charge >= 0.3 is 0 Å². The topological polar surface area (TPSA) is 63.0 Å². The second kappa shape index (κ2) is 13.6. The van der Waals surface area contributed by atoms with Crippen LogP contribution in [0.2, 0.25) is 0 Å². The van der Waals surface area contributed by atoms with E-state index in [1.807, 2.05) is 57.6 Å². The molecule has 2 rings (SSSR count). The van der Waals surface area contributed by atoms with E-state index in [2.05, 4.69) is 48.6 Å². The standard InChI is InChI=1S/C27H39N5O/c1-8-13-24(30-20(4)10-3)27(28-6)26-21(5)22(23-14-11-12-15-29-23)19-25(31-26)32(7)16-18-33-17-9-2/h8,11-15,19-20H,9-10,16-18H2,1-7H3/b13-8-,28-27?,30-24?. The molecule has 0 amide bonds. The summed E-state index contributed by atoms with van der Waals surface area (Å²) in [5.74, 6) is 0.862. The number of anilines is 1. The van der Waals surface area contributed by atoms with Crippen LogP contribution in [0.1, 0.15) is 51.8 Å². The SMILES string of the molecule is C/C=C\C(=NC(C)CC)C(=NC)c1nc(N(C)CCOCCC)cc(-c2ccccn2)c1C. The van der Waals surface area contributed by atoms with Crippen molar-refractivity contribution in [3.05, 3.63) is 53.9 Å². The number of nitrogens with zero attached hydrogens (tertiary/aromatic N) is 5. The molecular weight excluding hydrogens is 410 g/mol. The van der Waals surface area contributed by atoms with Crippen molar-refractivity contribution in [1.82, 2.24) is 9.97 Å². The number of aliphatic imine (C=N–C) groups is 2. The first-order valence-corrected chi connectivity index (χ1v) is 11.9. The van der Waals surface area contributed by atoms with Gasteiger partial charge in [-0.05, 0) is 63.5 Å². The molecule has 0 saturated carbocycles. The van der Waals surface area contributed by atoms with E-state index in [4.69, 9.17) is 14.7 Å². The third-order valence-corrected chi connectivity index (χ3v) is 5.48. The summed E-state index contributed by atoms with van der Waals surface area (Å²) in [6, 6.07) is 8.28. The number of hydrogen-bond donors (Lipinski definition) is 0. The molecule has 1 unspecified atom stereocenters. The highest BCUT2D eigenvalue weighted by molar-refractivity contribution is 6.52. The average Bonchev–Trinajstić information content (AvgIpc) is 2.83. The van der Waals surface area contributed by atoms with Crippen molar-refractivity contribution in [2.24, 2.45) is 9.98 Å². The fourth-order valence-corrected chi connectivity index (χ4v) is 3.38. The molecular formula is C27H39N5O. The van der Waals surface area contributed by atoms with Crippen LogP contribution in [0.5, 0.6) is 0 Å². The second-order valence-corrected chi connectivity index (χ2v) is 8.09. The van der Waals surface area contributed by atoms with Crippen molar-refractivity contribution in [3.8, 4) is 11.3 Å². The summed E-state index contributed by atoms with van der Waals surface area (Å²) in [5.41, 5.74) is 5.47. The van der Waals surface area contributed by atoms with Crippen molar-refractivity contribution < 1.29 is 4.74 Å². The monoisotopic (exact) mass is 449 g/mol. The molecule has 6 heteroatoms. The van der Waals surface area contributed by atoms with Gasteiger partial charge in [0.15, 0.2) is 0 Å². The fourth-order valence-electron chi connectivity index (χ4n) is 3.38. The summed E-state index contributed by atoms with van der Waals surface area (Å²) in [7, 11) is 3.85. The molecule has 0 radical (unpaired) electrons. The van der Waals surface area contributed by atoms with Gasteiger partial charge in [-0.1, -0.05) is 26.0 Å². The molecule has 0 aliphatic heterocycles. The predicted octanol–water partition coefficient (Wildman–Crippen LogP) is 5.55. The summed E-state index contributed by atoms with van der Waals surface area (Å²) in [6.45, 7) is 12.6. The Balaban J connectivity index is 2.63. The number of allylic oxidation sites excluding steroid dienone is 2. The highest BCUT2D eigenvalue weighted by Gasteiger charge is 2.20. The smallest absolute Gasteiger partial charge is 0.129 e. The lowest BCUT2D eigenvalue weighted by atomic mass is 9.98. The molecule has 2 aromatic heterocycles. The molecule has 6 nitrogen and oxygen atoms in total. The summed E-state index contributed by atoms with van der Waals surface area (Å²) in [4.78, 5) is 21.4. The zero-order valence-corrected chi connectivity index (χ0v) is 21.3. The maximum absolute atomic E-state index is 5.70. The van der Waals surface area contributed by atoms with Crippen LogP contribution in [-0.4, -0.2) is 61.3 Å². The summed E-state index contributed by atoms with van der Waals surface area (Å²) < 4.78 is 5.70. The molecule has 2 heterocycles. The lowest BCUT2D eigenvalue weighted by Gasteiger charge is -2.22. The van der Waals surface area contributed by atoms with Crippen molar-refractivity contribution >= 4 is 17.2 Å². The Hall–Kier alpha value is -2.86. The van der Waals surface area contributed by atoms with Gasteiger partial charge in [0.25, 0.3) is 0 Å². The third kappa shape index (κ3) is 7.32. The van der Waals surface area contributed by atoms with Crippen molar-refractivity contribution in [2.75, 3.05) is 38.8 Å². The molecule has 0 bridgehead atoms. The van der Waals surface area contributed by atoms with Crippen LogP contribution in [0.25, 0.3) is 11.3 Å². The molecule has 2 aromatic rings. The van der Waals surface area contributed by atoms with E-state index in [1.54, 1.807) is 0 Å². The number of rotatable bonds is 12. The van der Waals surface area contributed by atoms with E-state index in [0.717, 1.165) is 65.7 Å². The van der Waals surface area contributed by atoms with Gasteiger partial charge in [-0.3, -0.25) is 15.0 Å². The van der Waals surface area contributed by atoms with Crippen molar-refractivity contribution in [1.29, 1.82) is 0 Å². The minimum atomic E-state index is 0.199. The van der Waals surface area contributed by atoms with Gasteiger partial charge in [-0.2, -0.15) is 0 Å². The van der Waals surface area contributed by atoms with Gasteiger partial charge in [0.05, 0.1) is 23.7 Å². The number of hydrogen-bond acceptors (Lipinski definition) is 6. The Kier molecular flexibility index (Phi) is 10.9. The van der Waals surface area contributed by atoms with Crippen LogP contribution in [0.15, 0.2) is 52.6 Å². The zero-order chi connectivity index (χ0) is 24.2. The predicted molar refractivity (Wildman–Crippen MR) is 141 cm³/mol. The molecule has 0 fully saturated rings. The molecule has 0 aromatic carbocycles. The first-order chi connectivity index (χ1) is 16.0. The minimum absolute atomic E-state index is 0.199. The maximum Gasteiger partial charge on any atom is 0.129 e. The number of likely N-dealkylation sites (N-methyl/N-ethyl adjacent to an activating group) is 1. The van der Waals surface area contributed by atoms with Crippen LogP contribution in [0, 0.1) is 6.92 Å². The van der Waals surface area contributed by atoms with Crippen molar-refractivity contribution in [3.63, 3.8) is 0 Å². The van der Waals surface area contributed by atoms with E-state index >= 15 is 0 Å². The van der Waals surface area contributed by atoms with Gasteiger partial charge in [0, 0.05) is 45.0 Å². The Morgan fingerprint density at radius 1 is 1.24 bits per heavy atom. The molecule has 0 aliphatic rings. The van der Waals surface area contributed by atoms with E-state index in [9.17, 15) is 0 Å². The van der Waals surface area contributed by atoms with E-state index in [1.165, 1.54) is 0 Å². The molecule has 178 valence electrons.